The predicted octanol–water partition coefficient (Wildman–Crippen LogP) is -0.881. The summed E-state index contributed by atoms with van der Waals surface area (Å²) in [7, 11) is 2.22. The molecule has 1 heterocycles. The minimum atomic E-state index is 0.239. The van der Waals surface area contributed by atoms with Crippen LogP contribution >= 0.6 is 12.2 Å². The molecule has 4 N–H and O–H groups in total. The van der Waals surface area contributed by atoms with Gasteiger partial charge in [-0.2, -0.15) is 5.10 Å². The average molecular weight is 215 g/mol. The van der Waals surface area contributed by atoms with Gasteiger partial charge in [0.25, 0.3) is 0 Å². The summed E-state index contributed by atoms with van der Waals surface area (Å²) >= 11 is 4.71. The third kappa shape index (κ3) is 2.92. The SMILES string of the molecule is C[C@@H]1CC(=NNC(N)=S)[C@@H](C)C[NH+]1C. The Labute approximate surface area is 90.5 Å². The van der Waals surface area contributed by atoms with Crippen LogP contribution in [0.3, 0.4) is 0 Å². The van der Waals surface area contributed by atoms with Crippen molar-refractivity contribution >= 4 is 23.0 Å². The monoisotopic (exact) mass is 215 g/mol. The molecule has 4 nitrogen and oxygen atoms in total. The number of hydrogen-bond acceptors (Lipinski definition) is 2. The van der Waals surface area contributed by atoms with E-state index < -0.39 is 0 Å². The summed E-state index contributed by atoms with van der Waals surface area (Å²) in [4.78, 5) is 1.56. The predicted molar refractivity (Wildman–Crippen MR) is 62.4 cm³/mol. The number of rotatable bonds is 1. The topological polar surface area (TPSA) is 54.8 Å². The molecule has 0 aliphatic carbocycles. The average Bonchev–Trinajstić information content (AvgIpc) is 2.09. The van der Waals surface area contributed by atoms with Crippen LogP contribution in [-0.2, 0) is 0 Å². The Morgan fingerprint density at radius 3 is 2.86 bits per heavy atom. The number of nitrogens with one attached hydrogen (secondary N) is 2. The van der Waals surface area contributed by atoms with Crippen molar-refractivity contribution in [2.75, 3.05) is 13.6 Å². The van der Waals surface area contributed by atoms with Gasteiger partial charge in [-0.25, -0.2) is 0 Å². The van der Waals surface area contributed by atoms with Gasteiger partial charge in [0.15, 0.2) is 5.11 Å². The van der Waals surface area contributed by atoms with Gasteiger partial charge in [-0.1, -0.05) is 6.92 Å². The molecule has 0 amide bonds. The zero-order chi connectivity index (χ0) is 10.7. The molecule has 0 spiro atoms. The van der Waals surface area contributed by atoms with E-state index in [0.29, 0.717) is 12.0 Å². The van der Waals surface area contributed by atoms with E-state index in [2.05, 4.69) is 31.4 Å². The zero-order valence-corrected chi connectivity index (χ0v) is 9.82. The molecule has 14 heavy (non-hydrogen) atoms. The summed E-state index contributed by atoms with van der Waals surface area (Å²) < 4.78 is 0. The molecule has 1 saturated heterocycles. The number of nitrogens with two attached hydrogens (primary N) is 1. The van der Waals surface area contributed by atoms with Crippen molar-refractivity contribution in [3.05, 3.63) is 0 Å². The lowest BCUT2D eigenvalue weighted by molar-refractivity contribution is -0.908. The second-order valence-electron chi connectivity index (χ2n) is 4.14. The summed E-state index contributed by atoms with van der Waals surface area (Å²) in [6.07, 6.45) is 1.02. The molecule has 0 saturated carbocycles. The number of piperidine rings is 1. The van der Waals surface area contributed by atoms with Gasteiger partial charge in [-0.15, -0.1) is 0 Å². The number of nitrogens with zero attached hydrogens (tertiary/aromatic N) is 1. The highest BCUT2D eigenvalue weighted by Crippen LogP contribution is 2.07. The van der Waals surface area contributed by atoms with Crippen LogP contribution in [0.15, 0.2) is 5.10 Å². The first-order chi connectivity index (χ1) is 6.50. The van der Waals surface area contributed by atoms with E-state index in [9.17, 15) is 0 Å². The van der Waals surface area contributed by atoms with E-state index >= 15 is 0 Å². The van der Waals surface area contributed by atoms with Crippen LogP contribution in [0.4, 0.5) is 0 Å². The van der Waals surface area contributed by atoms with Crippen LogP contribution < -0.4 is 16.1 Å². The zero-order valence-electron chi connectivity index (χ0n) is 9.00. The van der Waals surface area contributed by atoms with Crippen LogP contribution in [0.25, 0.3) is 0 Å². The molecular weight excluding hydrogens is 196 g/mol. The maximum absolute atomic E-state index is 5.33. The fourth-order valence-electron chi connectivity index (χ4n) is 1.77. The molecule has 0 radical (unpaired) electrons. The molecule has 1 aliphatic rings. The van der Waals surface area contributed by atoms with E-state index in [0.717, 1.165) is 13.0 Å². The molecule has 1 aliphatic heterocycles. The Hall–Kier alpha value is -0.680. The molecule has 0 aromatic rings. The standard InChI is InChI=1S/C9H18N4S/c1-6-5-13(3)7(2)4-8(6)11-12-9(10)14/h6-7H,4-5H2,1-3H3,(H3,10,12,14)/p+1/t6-,7+/m0/s1. The van der Waals surface area contributed by atoms with Crippen molar-refractivity contribution in [3.63, 3.8) is 0 Å². The lowest BCUT2D eigenvalue weighted by Crippen LogP contribution is -3.14. The molecule has 1 rings (SSSR count). The maximum atomic E-state index is 5.33. The van der Waals surface area contributed by atoms with Crippen molar-refractivity contribution in [3.8, 4) is 0 Å². The third-order valence-electron chi connectivity index (χ3n) is 2.86. The van der Waals surface area contributed by atoms with Gasteiger partial charge < -0.3 is 10.6 Å². The fraction of sp³-hybridized carbons (Fsp3) is 0.778. The van der Waals surface area contributed by atoms with Gasteiger partial charge in [0.1, 0.15) is 0 Å². The molecule has 5 heteroatoms. The van der Waals surface area contributed by atoms with E-state index in [1.54, 1.807) is 4.90 Å². The normalized spacial score (nSPS) is 35.6. The lowest BCUT2D eigenvalue weighted by atomic mass is 9.93. The minimum Gasteiger partial charge on any atom is -0.375 e. The van der Waals surface area contributed by atoms with Gasteiger partial charge in [-0.3, -0.25) is 5.43 Å². The highest BCUT2D eigenvalue weighted by molar-refractivity contribution is 7.80. The smallest absolute Gasteiger partial charge is 0.184 e. The summed E-state index contributed by atoms with van der Waals surface area (Å²) in [5.74, 6) is 0.507. The first-order valence-corrected chi connectivity index (χ1v) is 5.35. The molecule has 0 bridgehead atoms. The van der Waals surface area contributed by atoms with Gasteiger partial charge in [-0.05, 0) is 19.1 Å². The quantitative estimate of drug-likeness (QED) is 0.393. The first-order valence-electron chi connectivity index (χ1n) is 4.95. The Morgan fingerprint density at radius 1 is 1.64 bits per heavy atom. The minimum absolute atomic E-state index is 0.239. The van der Waals surface area contributed by atoms with Gasteiger partial charge in [0.2, 0.25) is 0 Å². The summed E-state index contributed by atoms with van der Waals surface area (Å²) in [6, 6.07) is 0.623. The lowest BCUT2D eigenvalue weighted by Gasteiger charge is -2.31. The second kappa shape index (κ2) is 4.70. The Morgan fingerprint density at radius 2 is 2.29 bits per heavy atom. The molecule has 80 valence electrons. The summed E-state index contributed by atoms with van der Waals surface area (Å²) in [6.45, 7) is 5.55. The van der Waals surface area contributed by atoms with Gasteiger partial charge >= 0.3 is 0 Å². The number of likely N-dealkylation sites (tertiary alicyclic amines) is 1. The first kappa shape index (κ1) is 11.4. The molecule has 0 aromatic heterocycles. The fourth-order valence-corrected chi connectivity index (χ4v) is 1.82. The van der Waals surface area contributed by atoms with Crippen LogP contribution in [0.2, 0.25) is 0 Å². The second-order valence-corrected chi connectivity index (χ2v) is 4.58. The molecular formula is C9H19N4S+. The van der Waals surface area contributed by atoms with Crippen molar-refractivity contribution in [2.45, 2.75) is 26.3 Å². The van der Waals surface area contributed by atoms with Gasteiger partial charge in [0.05, 0.1) is 25.3 Å². The van der Waals surface area contributed by atoms with Crippen molar-refractivity contribution in [1.29, 1.82) is 0 Å². The Bertz CT molecular complexity index is 251. The maximum Gasteiger partial charge on any atom is 0.184 e. The Balaban J connectivity index is 2.60. The number of hydrogen-bond donors (Lipinski definition) is 3. The van der Waals surface area contributed by atoms with Crippen LogP contribution in [0.5, 0.6) is 0 Å². The largest absolute Gasteiger partial charge is 0.375 e. The van der Waals surface area contributed by atoms with Crippen molar-refractivity contribution in [2.24, 2.45) is 16.8 Å². The Kier molecular flexibility index (Phi) is 3.83. The van der Waals surface area contributed by atoms with Crippen molar-refractivity contribution in [1.82, 2.24) is 5.43 Å². The molecule has 3 atom stereocenters. The van der Waals surface area contributed by atoms with Gasteiger partial charge in [0, 0.05) is 12.3 Å². The van der Waals surface area contributed by atoms with Crippen LogP contribution in [0.1, 0.15) is 20.3 Å². The van der Waals surface area contributed by atoms with E-state index in [4.69, 9.17) is 18.0 Å². The third-order valence-corrected chi connectivity index (χ3v) is 2.95. The molecule has 1 unspecified atom stereocenters. The highest BCUT2D eigenvalue weighted by Gasteiger charge is 2.28. The van der Waals surface area contributed by atoms with E-state index in [-0.39, 0.29) is 5.11 Å². The summed E-state index contributed by atoms with van der Waals surface area (Å²) in [5, 5.41) is 4.48. The van der Waals surface area contributed by atoms with Crippen LogP contribution in [-0.4, -0.2) is 30.5 Å². The molecule has 0 aromatic carbocycles. The molecule has 1 fully saturated rings. The number of quaternary nitrogens is 1. The number of hydrazone groups is 1. The van der Waals surface area contributed by atoms with E-state index in [1.165, 1.54) is 5.71 Å². The van der Waals surface area contributed by atoms with E-state index in [1.807, 2.05) is 0 Å². The number of thiocarbonyl (C=S) groups is 1. The highest BCUT2D eigenvalue weighted by atomic mass is 32.1. The van der Waals surface area contributed by atoms with Crippen molar-refractivity contribution < 1.29 is 4.90 Å². The summed E-state index contributed by atoms with van der Waals surface area (Å²) in [5.41, 5.74) is 9.17. The van der Waals surface area contributed by atoms with Crippen LogP contribution in [0, 0.1) is 5.92 Å².